The van der Waals surface area contributed by atoms with Crippen molar-refractivity contribution in [2.24, 2.45) is 0 Å². The summed E-state index contributed by atoms with van der Waals surface area (Å²) in [4.78, 5) is 12.9. The van der Waals surface area contributed by atoms with Crippen LogP contribution in [0.3, 0.4) is 0 Å². The van der Waals surface area contributed by atoms with E-state index in [-0.39, 0.29) is 24.5 Å². The summed E-state index contributed by atoms with van der Waals surface area (Å²) in [5.41, 5.74) is 1.23. The summed E-state index contributed by atoms with van der Waals surface area (Å²) < 4.78 is 13.1. The van der Waals surface area contributed by atoms with Gasteiger partial charge in [-0.2, -0.15) is 0 Å². The Morgan fingerprint density at radius 1 is 1.24 bits per heavy atom. The predicted octanol–water partition coefficient (Wildman–Crippen LogP) is 4.46. The first kappa shape index (κ1) is 20.4. The summed E-state index contributed by atoms with van der Waals surface area (Å²) in [6.45, 7) is 0.674. The number of carbonyl (C=O) groups excluding carboxylic acids is 1. The van der Waals surface area contributed by atoms with Crippen molar-refractivity contribution in [1.82, 2.24) is 5.32 Å². The number of benzene rings is 1. The van der Waals surface area contributed by atoms with E-state index >= 15 is 0 Å². The molecule has 6 heteroatoms. The van der Waals surface area contributed by atoms with E-state index in [0.29, 0.717) is 25.2 Å². The molecular weight excluding hydrogens is 386 g/mol. The number of fused-ring (bicyclic) bond motifs is 1. The Balaban J connectivity index is 1.53. The van der Waals surface area contributed by atoms with E-state index in [1.54, 1.807) is 11.3 Å². The zero-order chi connectivity index (χ0) is 20.1. The van der Waals surface area contributed by atoms with Crippen LogP contribution < -0.4 is 5.32 Å². The summed E-state index contributed by atoms with van der Waals surface area (Å²) in [7, 11) is 0. The zero-order valence-electron chi connectivity index (χ0n) is 16.6. The lowest BCUT2D eigenvalue weighted by atomic mass is 9.92. The Bertz CT molecular complexity index is 855. The number of thiophene rings is 1. The first-order valence-corrected chi connectivity index (χ1v) is 11.5. The molecule has 0 saturated heterocycles. The predicted molar refractivity (Wildman–Crippen MR) is 115 cm³/mol. The standard InChI is InChI=1S/C23H29NO4S/c25-11-5-6-12-27-22-14-16(19-15-29-21-10-4-3-9-18(19)21)13-20(28-22)23(26)24-17-7-1-2-8-17/h3-4,9-10,13,15-17,22,25H,1-2,5-8,11-12,14H2,(H,24,26)/t16-,22+/m0/s1. The first-order chi connectivity index (χ1) is 14.2. The van der Waals surface area contributed by atoms with Crippen LogP contribution in [0.25, 0.3) is 10.1 Å². The van der Waals surface area contributed by atoms with Crippen LogP contribution in [-0.2, 0) is 14.3 Å². The monoisotopic (exact) mass is 415 g/mol. The fraction of sp³-hybridized carbons (Fsp3) is 0.522. The molecule has 2 aliphatic rings. The number of ether oxygens (including phenoxy) is 2. The second kappa shape index (κ2) is 9.74. The summed E-state index contributed by atoms with van der Waals surface area (Å²) >= 11 is 1.73. The van der Waals surface area contributed by atoms with Crippen molar-refractivity contribution in [2.75, 3.05) is 13.2 Å². The molecule has 2 atom stereocenters. The van der Waals surface area contributed by atoms with Gasteiger partial charge in [-0.3, -0.25) is 4.79 Å². The molecule has 2 aromatic rings. The average molecular weight is 416 g/mol. The molecule has 4 rings (SSSR count). The normalized spacial score (nSPS) is 22.4. The van der Waals surface area contributed by atoms with Gasteiger partial charge in [0.2, 0.25) is 6.29 Å². The number of aliphatic hydroxyl groups excluding tert-OH is 1. The van der Waals surface area contributed by atoms with Gasteiger partial charge < -0.3 is 19.9 Å². The van der Waals surface area contributed by atoms with Crippen LogP contribution in [0, 0.1) is 0 Å². The van der Waals surface area contributed by atoms with Gasteiger partial charge >= 0.3 is 0 Å². The molecule has 0 spiro atoms. The van der Waals surface area contributed by atoms with Gasteiger partial charge in [0.15, 0.2) is 5.76 Å². The number of rotatable bonds is 8. The maximum atomic E-state index is 12.9. The minimum absolute atomic E-state index is 0.0760. The molecule has 156 valence electrons. The molecule has 1 saturated carbocycles. The third kappa shape index (κ3) is 5.00. The highest BCUT2D eigenvalue weighted by Gasteiger charge is 2.31. The number of nitrogens with one attached hydrogen (secondary N) is 1. The third-order valence-corrected chi connectivity index (χ3v) is 6.72. The molecule has 2 N–H and O–H groups in total. The highest BCUT2D eigenvalue weighted by atomic mass is 32.1. The van der Waals surface area contributed by atoms with Crippen LogP contribution >= 0.6 is 11.3 Å². The number of allylic oxidation sites excluding steroid dienone is 1. The topological polar surface area (TPSA) is 67.8 Å². The van der Waals surface area contributed by atoms with Crippen molar-refractivity contribution in [3.63, 3.8) is 0 Å². The quantitative estimate of drug-likeness (QED) is 0.625. The van der Waals surface area contributed by atoms with Crippen LogP contribution in [0.15, 0.2) is 41.5 Å². The number of unbranched alkanes of at least 4 members (excludes halogenated alkanes) is 1. The van der Waals surface area contributed by atoms with Gasteiger partial charge in [-0.25, -0.2) is 0 Å². The van der Waals surface area contributed by atoms with E-state index < -0.39 is 6.29 Å². The summed E-state index contributed by atoms with van der Waals surface area (Å²) in [6.07, 6.45) is 8.10. The zero-order valence-corrected chi connectivity index (χ0v) is 17.5. The fourth-order valence-electron chi connectivity index (χ4n) is 4.18. The molecule has 1 aliphatic carbocycles. The van der Waals surface area contributed by atoms with Crippen molar-refractivity contribution in [3.8, 4) is 0 Å². The number of hydrogen-bond acceptors (Lipinski definition) is 5. The summed E-state index contributed by atoms with van der Waals surface area (Å²) in [5.74, 6) is 0.313. The van der Waals surface area contributed by atoms with E-state index in [9.17, 15) is 4.79 Å². The van der Waals surface area contributed by atoms with Crippen molar-refractivity contribution in [1.29, 1.82) is 0 Å². The van der Waals surface area contributed by atoms with Crippen molar-refractivity contribution in [2.45, 2.75) is 63.2 Å². The number of aliphatic hydroxyl groups is 1. The lowest BCUT2D eigenvalue weighted by Crippen LogP contribution is -2.37. The minimum Gasteiger partial charge on any atom is -0.459 e. The van der Waals surface area contributed by atoms with Crippen molar-refractivity contribution < 1.29 is 19.4 Å². The molecule has 1 aromatic heterocycles. The molecule has 0 unspecified atom stereocenters. The van der Waals surface area contributed by atoms with Crippen molar-refractivity contribution in [3.05, 3.63) is 47.0 Å². The van der Waals surface area contributed by atoms with Gasteiger partial charge in [-0.15, -0.1) is 11.3 Å². The van der Waals surface area contributed by atoms with Gasteiger partial charge in [0.05, 0.1) is 6.61 Å². The van der Waals surface area contributed by atoms with Gasteiger partial charge in [-0.05, 0) is 54.2 Å². The van der Waals surface area contributed by atoms with Crippen LogP contribution in [-0.4, -0.2) is 36.6 Å². The molecule has 29 heavy (non-hydrogen) atoms. The van der Waals surface area contributed by atoms with E-state index in [1.165, 1.54) is 28.5 Å². The van der Waals surface area contributed by atoms with E-state index in [4.69, 9.17) is 14.6 Å². The maximum absolute atomic E-state index is 12.9. The molecule has 1 aliphatic heterocycles. The second-order valence-electron chi connectivity index (χ2n) is 7.86. The average Bonchev–Trinajstić information content (AvgIpc) is 3.41. The smallest absolute Gasteiger partial charge is 0.286 e. The Hall–Kier alpha value is -1.89. The fourth-order valence-corrected chi connectivity index (χ4v) is 5.20. The summed E-state index contributed by atoms with van der Waals surface area (Å²) in [5, 5.41) is 15.5. The van der Waals surface area contributed by atoms with Gasteiger partial charge in [-0.1, -0.05) is 31.0 Å². The maximum Gasteiger partial charge on any atom is 0.286 e. The van der Waals surface area contributed by atoms with E-state index in [0.717, 1.165) is 19.3 Å². The molecule has 1 fully saturated rings. The third-order valence-electron chi connectivity index (χ3n) is 5.74. The molecule has 5 nitrogen and oxygen atoms in total. The molecule has 2 heterocycles. The van der Waals surface area contributed by atoms with Crippen LogP contribution in [0.5, 0.6) is 0 Å². The second-order valence-corrected chi connectivity index (χ2v) is 8.78. The molecule has 1 amide bonds. The Morgan fingerprint density at radius 3 is 2.90 bits per heavy atom. The Kier molecular flexibility index (Phi) is 6.85. The van der Waals surface area contributed by atoms with Crippen LogP contribution in [0.2, 0.25) is 0 Å². The van der Waals surface area contributed by atoms with Gasteiger partial charge in [0, 0.05) is 29.7 Å². The van der Waals surface area contributed by atoms with E-state index in [2.05, 4.69) is 35.0 Å². The largest absolute Gasteiger partial charge is 0.459 e. The highest BCUT2D eigenvalue weighted by molar-refractivity contribution is 7.17. The lowest BCUT2D eigenvalue weighted by molar-refractivity contribution is -0.146. The van der Waals surface area contributed by atoms with Crippen LogP contribution in [0.1, 0.15) is 56.4 Å². The number of hydrogen-bond donors (Lipinski definition) is 2. The molecule has 0 bridgehead atoms. The SMILES string of the molecule is O=C(NC1CCCC1)C1=C[C@H](c2csc3ccccc23)C[C@H](OCCCCO)O1. The Labute approximate surface area is 175 Å². The number of carbonyl (C=O) groups is 1. The minimum atomic E-state index is -0.452. The van der Waals surface area contributed by atoms with E-state index in [1.807, 2.05) is 6.08 Å². The van der Waals surface area contributed by atoms with Crippen LogP contribution in [0.4, 0.5) is 0 Å². The molecule has 0 radical (unpaired) electrons. The number of amides is 1. The summed E-state index contributed by atoms with van der Waals surface area (Å²) in [6, 6.07) is 8.62. The Morgan fingerprint density at radius 2 is 2.07 bits per heavy atom. The first-order valence-electron chi connectivity index (χ1n) is 10.6. The molecule has 1 aromatic carbocycles. The lowest BCUT2D eigenvalue weighted by Gasteiger charge is -2.29. The van der Waals surface area contributed by atoms with Gasteiger partial charge in [0.25, 0.3) is 5.91 Å². The highest BCUT2D eigenvalue weighted by Crippen LogP contribution is 2.38. The van der Waals surface area contributed by atoms with Crippen molar-refractivity contribution >= 4 is 27.3 Å². The molecular formula is C23H29NO4S. The van der Waals surface area contributed by atoms with Gasteiger partial charge in [0.1, 0.15) is 0 Å².